The molecule has 10 nitrogen and oxygen atoms in total. The maximum absolute atomic E-state index is 13.7. The van der Waals surface area contributed by atoms with Crippen LogP contribution in [0, 0.1) is 22.9 Å². The number of aromatic nitrogens is 3. The van der Waals surface area contributed by atoms with Gasteiger partial charge in [0.2, 0.25) is 5.91 Å². The number of hydrogen-bond donors (Lipinski definition) is 2. The van der Waals surface area contributed by atoms with Gasteiger partial charge in [0.25, 0.3) is 11.6 Å². The number of hydrogen-bond acceptors (Lipinski definition) is 7. The number of halogens is 1. The molecule has 0 fully saturated rings. The van der Waals surface area contributed by atoms with E-state index in [2.05, 4.69) is 20.8 Å². The number of anilines is 1. The lowest BCUT2D eigenvalue weighted by molar-refractivity contribution is -0.384. The Morgan fingerprint density at radius 3 is 2.67 bits per heavy atom. The van der Waals surface area contributed by atoms with Crippen molar-refractivity contribution in [2.24, 2.45) is 7.05 Å². The molecule has 0 saturated heterocycles. The minimum absolute atomic E-state index is 0.0269. The molecule has 2 aromatic carbocycles. The molecule has 0 saturated carbocycles. The number of amides is 2. The van der Waals surface area contributed by atoms with Crippen molar-refractivity contribution in [1.29, 1.82) is 0 Å². The molecule has 0 aliphatic rings. The van der Waals surface area contributed by atoms with E-state index < -0.39 is 16.6 Å². The van der Waals surface area contributed by atoms with Crippen molar-refractivity contribution in [3.8, 4) is 0 Å². The van der Waals surface area contributed by atoms with Gasteiger partial charge in [-0.15, -0.1) is 10.2 Å². The number of thioether (sulfide) groups is 1. The zero-order valence-corrected chi connectivity index (χ0v) is 18.7. The van der Waals surface area contributed by atoms with Gasteiger partial charge in [-0.1, -0.05) is 23.9 Å². The first-order valence-corrected chi connectivity index (χ1v) is 10.8. The number of aryl methyl sites for hydroxylation is 1. The molecule has 1 heterocycles. The molecular formula is C21H21FN6O4S. The molecule has 3 rings (SSSR count). The summed E-state index contributed by atoms with van der Waals surface area (Å²) in [5, 5.41) is 24.8. The normalized spacial score (nSPS) is 10.6. The Morgan fingerprint density at radius 2 is 1.97 bits per heavy atom. The van der Waals surface area contributed by atoms with Gasteiger partial charge in [-0.2, -0.15) is 0 Å². The highest BCUT2D eigenvalue weighted by Crippen LogP contribution is 2.22. The lowest BCUT2D eigenvalue weighted by Crippen LogP contribution is -2.27. The van der Waals surface area contributed by atoms with Crippen LogP contribution in [-0.2, 0) is 18.3 Å². The van der Waals surface area contributed by atoms with Crippen molar-refractivity contribution in [1.82, 2.24) is 20.1 Å². The van der Waals surface area contributed by atoms with E-state index in [-0.39, 0.29) is 29.5 Å². The molecule has 0 radical (unpaired) electrons. The molecule has 2 amide bonds. The molecule has 0 aliphatic heterocycles. The standard InChI is InChI=1S/C21H21FN6O4S/c1-13-11-14(28(31)32)7-8-17(13)24-19(29)12-33-21-26-25-18(27(21)2)9-10-23-20(30)15-5-3-4-6-16(15)22/h3-8,11H,9-10,12H2,1-2H3,(H,23,30)(H,24,29). The van der Waals surface area contributed by atoms with Crippen LogP contribution in [-0.4, -0.2) is 43.8 Å². The van der Waals surface area contributed by atoms with Gasteiger partial charge in [0.05, 0.1) is 16.2 Å². The SMILES string of the molecule is Cc1cc([N+](=O)[O-])ccc1NC(=O)CSc1nnc(CCNC(=O)c2ccccc2F)n1C. The number of carbonyl (C=O) groups excluding carboxylic acids is 2. The summed E-state index contributed by atoms with van der Waals surface area (Å²) in [6.07, 6.45) is 0.373. The molecule has 0 atom stereocenters. The average molecular weight is 473 g/mol. The maximum atomic E-state index is 13.7. The van der Waals surface area contributed by atoms with Crippen LogP contribution in [0.2, 0.25) is 0 Å². The number of nitrogens with zero attached hydrogens (tertiary/aromatic N) is 4. The topological polar surface area (TPSA) is 132 Å². The first-order chi connectivity index (χ1) is 15.8. The Morgan fingerprint density at radius 1 is 1.21 bits per heavy atom. The summed E-state index contributed by atoms with van der Waals surface area (Å²) in [4.78, 5) is 34.7. The Hall–Kier alpha value is -3.80. The van der Waals surface area contributed by atoms with Gasteiger partial charge in [-0.05, 0) is 30.7 Å². The fourth-order valence-corrected chi connectivity index (χ4v) is 3.66. The number of non-ortho nitro benzene ring substituents is 1. The molecule has 0 unspecified atom stereocenters. The highest BCUT2D eigenvalue weighted by Gasteiger charge is 2.15. The zero-order chi connectivity index (χ0) is 24.0. The minimum Gasteiger partial charge on any atom is -0.351 e. The van der Waals surface area contributed by atoms with Crippen LogP contribution < -0.4 is 10.6 Å². The molecular weight excluding hydrogens is 451 g/mol. The summed E-state index contributed by atoms with van der Waals surface area (Å²) < 4.78 is 15.4. The number of nitro benzene ring substituents is 1. The van der Waals surface area contributed by atoms with Crippen molar-refractivity contribution in [3.05, 3.63) is 75.3 Å². The van der Waals surface area contributed by atoms with Crippen molar-refractivity contribution in [2.45, 2.75) is 18.5 Å². The highest BCUT2D eigenvalue weighted by atomic mass is 32.2. The van der Waals surface area contributed by atoms with Crippen LogP contribution >= 0.6 is 11.8 Å². The Bertz CT molecular complexity index is 1200. The summed E-state index contributed by atoms with van der Waals surface area (Å²) >= 11 is 1.18. The van der Waals surface area contributed by atoms with Gasteiger partial charge < -0.3 is 15.2 Å². The third kappa shape index (κ3) is 6.13. The van der Waals surface area contributed by atoms with Crippen LogP contribution in [0.25, 0.3) is 0 Å². The van der Waals surface area contributed by atoms with Gasteiger partial charge in [-0.3, -0.25) is 19.7 Å². The van der Waals surface area contributed by atoms with Gasteiger partial charge in [0.15, 0.2) is 5.16 Å². The summed E-state index contributed by atoms with van der Waals surface area (Å²) in [7, 11) is 1.74. The number of rotatable bonds is 9. The number of nitro groups is 1. The molecule has 3 aromatic rings. The molecule has 2 N–H and O–H groups in total. The second kappa shape index (κ2) is 10.7. The molecule has 33 heavy (non-hydrogen) atoms. The van der Waals surface area contributed by atoms with Crippen molar-refractivity contribution in [3.63, 3.8) is 0 Å². The van der Waals surface area contributed by atoms with E-state index >= 15 is 0 Å². The largest absolute Gasteiger partial charge is 0.351 e. The van der Waals surface area contributed by atoms with Crippen LogP contribution in [0.5, 0.6) is 0 Å². The summed E-state index contributed by atoms with van der Waals surface area (Å²) in [5.74, 6) is -0.735. The van der Waals surface area contributed by atoms with Crippen molar-refractivity contribution >= 4 is 35.0 Å². The molecule has 0 spiro atoms. The van der Waals surface area contributed by atoms with E-state index in [0.29, 0.717) is 28.7 Å². The van der Waals surface area contributed by atoms with Gasteiger partial charge >= 0.3 is 0 Å². The van der Waals surface area contributed by atoms with E-state index in [1.54, 1.807) is 24.6 Å². The van der Waals surface area contributed by atoms with E-state index in [9.17, 15) is 24.1 Å². The third-order valence-electron chi connectivity index (χ3n) is 4.70. The smallest absolute Gasteiger partial charge is 0.269 e. The van der Waals surface area contributed by atoms with Crippen LogP contribution in [0.4, 0.5) is 15.8 Å². The number of nitrogens with one attached hydrogen (secondary N) is 2. The maximum Gasteiger partial charge on any atom is 0.269 e. The minimum atomic E-state index is -0.588. The quantitative estimate of drug-likeness (QED) is 0.278. The predicted molar refractivity (Wildman–Crippen MR) is 121 cm³/mol. The molecule has 0 aliphatic carbocycles. The third-order valence-corrected chi connectivity index (χ3v) is 5.73. The molecule has 0 bridgehead atoms. The molecule has 12 heteroatoms. The zero-order valence-electron chi connectivity index (χ0n) is 17.9. The monoisotopic (exact) mass is 472 g/mol. The van der Waals surface area contributed by atoms with Crippen LogP contribution in [0.15, 0.2) is 47.6 Å². The van der Waals surface area contributed by atoms with Crippen LogP contribution in [0.3, 0.4) is 0 Å². The second-order valence-electron chi connectivity index (χ2n) is 7.04. The van der Waals surface area contributed by atoms with Gasteiger partial charge in [0.1, 0.15) is 11.6 Å². The van der Waals surface area contributed by atoms with E-state index in [4.69, 9.17) is 0 Å². The van der Waals surface area contributed by atoms with E-state index in [1.165, 1.54) is 48.2 Å². The van der Waals surface area contributed by atoms with E-state index in [1.807, 2.05) is 0 Å². The van der Waals surface area contributed by atoms with Gasteiger partial charge in [0, 0.05) is 37.8 Å². The van der Waals surface area contributed by atoms with Gasteiger partial charge in [-0.25, -0.2) is 4.39 Å². The number of carbonyl (C=O) groups is 2. The summed E-state index contributed by atoms with van der Waals surface area (Å²) in [5.41, 5.74) is 1.01. The fraction of sp³-hybridized carbons (Fsp3) is 0.238. The highest BCUT2D eigenvalue weighted by molar-refractivity contribution is 7.99. The number of benzene rings is 2. The predicted octanol–water partition coefficient (Wildman–Crippen LogP) is 2.87. The lowest BCUT2D eigenvalue weighted by Gasteiger charge is -2.08. The van der Waals surface area contributed by atoms with Crippen LogP contribution in [0.1, 0.15) is 21.7 Å². The molecule has 172 valence electrons. The summed E-state index contributed by atoms with van der Waals surface area (Å²) in [6.45, 7) is 1.92. The lowest BCUT2D eigenvalue weighted by atomic mass is 10.2. The Labute approximate surface area is 192 Å². The summed E-state index contributed by atoms with van der Waals surface area (Å²) in [6, 6.07) is 9.94. The Kier molecular flexibility index (Phi) is 7.72. The first-order valence-electron chi connectivity index (χ1n) is 9.85. The fourth-order valence-electron chi connectivity index (χ4n) is 2.93. The van der Waals surface area contributed by atoms with E-state index in [0.717, 1.165) is 0 Å². The first kappa shape index (κ1) is 23.9. The molecule has 1 aromatic heterocycles. The van der Waals surface area contributed by atoms with Crippen molar-refractivity contribution in [2.75, 3.05) is 17.6 Å². The second-order valence-corrected chi connectivity index (χ2v) is 7.98. The Balaban J connectivity index is 1.49. The average Bonchev–Trinajstić information content (AvgIpc) is 3.13. The van der Waals surface area contributed by atoms with Crippen molar-refractivity contribution < 1.29 is 18.9 Å².